The Balaban J connectivity index is 1.53. The predicted molar refractivity (Wildman–Crippen MR) is 152 cm³/mol. The zero-order valence-electron chi connectivity index (χ0n) is 22.0. The molecule has 0 radical (unpaired) electrons. The molecule has 202 valence electrons. The van der Waals surface area contributed by atoms with Crippen LogP contribution in [0.1, 0.15) is 23.6 Å². The van der Waals surface area contributed by atoms with Crippen LogP contribution in [0.5, 0.6) is 5.75 Å². The molecule has 3 aromatic rings. The summed E-state index contributed by atoms with van der Waals surface area (Å²) in [7, 11) is -4.03. The summed E-state index contributed by atoms with van der Waals surface area (Å²) in [5.41, 5.74) is 4.50. The van der Waals surface area contributed by atoms with Crippen LogP contribution in [0.4, 0.5) is 5.69 Å². The van der Waals surface area contributed by atoms with Gasteiger partial charge >= 0.3 is 0 Å². The number of sulfonamides is 1. The van der Waals surface area contributed by atoms with Crippen LogP contribution >= 0.6 is 11.6 Å². The van der Waals surface area contributed by atoms with Gasteiger partial charge in [-0.15, -0.1) is 0 Å². The van der Waals surface area contributed by atoms with Crippen molar-refractivity contribution in [3.63, 3.8) is 0 Å². The number of rotatable bonds is 9. The highest BCUT2D eigenvalue weighted by molar-refractivity contribution is 7.89. The summed E-state index contributed by atoms with van der Waals surface area (Å²) in [4.78, 5) is 17.7. The first kappa shape index (κ1) is 28.0. The molecule has 7 nitrogen and oxygen atoms in total. The van der Waals surface area contributed by atoms with Gasteiger partial charge in [0.05, 0.1) is 16.5 Å². The summed E-state index contributed by atoms with van der Waals surface area (Å²) in [5.74, 6) is 0.168. The van der Waals surface area contributed by atoms with E-state index in [2.05, 4.69) is 35.6 Å². The largest absolute Gasteiger partial charge is 0.492 e. The van der Waals surface area contributed by atoms with E-state index in [-0.39, 0.29) is 22.2 Å². The van der Waals surface area contributed by atoms with Gasteiger partial charge in [0.2, 0.25) is 15.9 Å². The Kier molecular flexibility index (Phi) is 8.97. The average molecular weight is 556 g/mol. The second kappa shape index (κ2) is 12.2. The Hall–Kier alpha value is -3.07. The Morgan fingerprint density at radius 2 is 1.71 bits per heavy atom. The molecule has 4 rings (SSSR count). The maximum atomic E-state index is 13.7. The van der Waals surface area contributed by atoms with Crippen LogP contribution in [0.2, 0.25) is 5.02 Å². The van der Waals surface area contributed by atoms with Gasteiger partial charge in [0.1, 0.15) is 11.8 Å². The van der Waals surface area contributed by atoms with Crippen LogP contribution in [0.25, 0.3) is 0 Å². The number of piperazine rings is 1. The van der Waals surface area contributed by atoms with E-state index in [0.717, 1.165) is 5.56 Å². The van der Waals surface area contributed by atoms with Gasteiger partial charge in [-0.2, -0.15) is 4.72 Å². The highest BCUT2D eigenvalue weighted by atomic mass is 35.5. The number of nitrogens with zero attached hydrogens (tertiary/aromatic N) is 2. The van der Waals surface area contributed by atoms with Crippen molar-refractivity contribution in [3.8, 4) is 5.75 Å². The third-order valence-electron chi connectivity index (χ3n) is 6.90. The molecule has 38 heavy (non-hydrogen) atoms. The molecule has 0 aromatic heterocycles. The molecule has 1 amide bonds. The molecule has 0 saturated carbocycles. The third kappa shape index (κ3) is 6.49. The van der Waals surface area contributed by atoms with Gasteiger partial charge < -0.3 is 14.5 Å². The fourth-order valence-corrected chi connectivity index (χ4v) is 6.19. The van der Waals surface area contributed by atoms with E-state index in [9.17, 15) is 13.2 Å². The zero-order valence-corrected chi connectivity index (χ0v) is 23.6. The fourth-order valence-electron chi connectivity index (χ4n) is 4.67. The highest BCUT2D eigenvalue weighted by Crippen LogP contribution is 2.28. The molecule has 1 atom stereocenters. The van der Waals surface area contributed by atoms with E-state index in [1.54, 1.807) is 4.90 Å². The van der Waals surface area contributed by atoms with E-state index in [4.69, 9.17) is 16.3 Å². The van der Waals surface area contributed by atoms with Gasteiger partial charge in [0.25, 0.3) is 0 Å². The number of amides is 1. The molecule has 0 bridgehead atoms. The Labute approximate surface area is 230 Å². The number of aryl methyl sites for hydroxylation is 1. The minimum Gasteiger partial charge on any atom is -0.492 e. The summed E-state index contributed by atoms with van der Waals surface area (Å²) in [5, 5.41) is 0.197. The maximum Gasteiger partial charge on any atom is 0.241 e. The second-order valence-corrected chi connectivity index (χ2v) is 11.5. The number of anilines is 1. The monoisotopic (exact) mass is 555 g/mol. The Bertz CT molecular complexity index is 1370. The van der Waals surface area contributed by atoms with Gasteiger partial charge in [-0.3, -0.25) is 4.79 Å². The van der Waals surface area contributed by atoms with Crippen LogP contribution < -0.4 is 14.4 Å². The molecule has 0 spiro atoms. The molecule has 1 N–H and O–H groups in total. The van der Waals surface area contributed by atoms with Crippen LogP contribution in [-0.2, 0) is 21.2 Å². The lowest BCUT2D eigenvalue weighted by atomic mass is 10.0. The van der Waals surface area contributed by atoms with E-state index in [1.165, 1.54) is 35.0 Å². The first-order valence-electron chi connectivity index (χ1n) is 12.8. The van der Waals surface area contributed by atoms with Crippen molar-refractivity contribution >= 4 is 33.2 Å². The first-order valence-corrected chi connectivity index (χ1v) is 14.6. The van der Waals surface area contributed by atoms with Crippen molar-refractivity contribution in [3.05, 3.63) is 88.4 Å². The molecule has 1 fully saturated rings. The number of ether oxygens (including phenoxy) is 1. The molecular weight excluding hydrogens is 522 g/mol. The highest BCUT2D eigenvalue weighted by Gasteiger charge is 2.32. The molecule has 0 unspecified atom stereocenters. The van der Waals surface area contributed by atoms with Crippen LogP contribution in [0.15, 0.2) is 71.6 Å². The smallest absolute Gasteiger partial charge is 0.241 e. The van der Waals surface area contributed by atoms with Gasteiger partial charge in [0, 0.05) is 31.9 Å². The van der Waals surface area contributed by atoms with E-state index in [0.29, 0.717) is 38.5 Å². The van der Waals surface area contributed by atoms with E-state index in [1.807, 2.05) is 43.3 Å². The molecule has 1 aliphatic rings. The van der Waals surface area contributed by atoms with Crippen molar-refractivity contribution in [2.45, 2.75) is 38.1 Å². The normalized spacial score (nSPS) is 14.8. The summed E-state index contributed by atoms with van der Waals surface area (Å²) >= 11 is 6.25. The minimum atomic E-state index is -4.03. The van der Waals surface area contributed by atoms with Crippen LogP contribution in [-0.4, -0.2) is 58.1 Å². The van der Waals surface area contributed by atoms with Crippen LogP contribution in [0.3, 0.4) is 0 Å². The summed E-state index contributed by atoms with van der Waals surface area (Å²) < 4.78 is 34.8. The van der Waals surface area contributed by atoms with Gasteiger partial charge in [-0.1, -0.05) is 54.1 Å². The Morgan fingerprint density at radius 1 is 1.00 bits per heavy atom. The minimum absolute atomic E-state index is 0.0171. The third-order valence-corrected chi connectivity index (χ3v) is 8.66. The molecule has 1 aliphatic heterocycles. The average Bonchev–Trinajstić information content (AvgIpc) is 2.91. The number of hydrogen-bond donors (Lipinski definition) is 1. The summed E-state index contributed by atoms with van der Waals surface area (Å²) in [6.07, 6.45) is 0.237. The predicted octanol–water partition coefficient (Wildman–Crippen LogP) is 4.59. The lowest BCUT2D eigenvalue weighted by Crippen LogP contribution is -2.55. The fraction of sp³-hybridized carbons (Fsp3) is 0.345. The molecule has 3 aromatic carbocycles. The molecule has 1 heterocycles. The topological polar surface area (TPSA) is 78.9 Å². The van der Waals surface area contributed by atoms with Crippen molar-refractivity contribution < 1.29 is 17.9 Å². The first-order chi connectivity index (χ1) is 18.2. The maximum absolute atomic E-state index is 13.7. The molecule has 0 aliphatic carbocycles. The number of nitrogens with one attached hydrogen (secondary N) is 1. The number of carbonyl (C=O) groups excluding carboxylic acids is 1. The SMILES string of the molecule is CCOc1ccc(S(=O)(=O)N[C@H](Cc2ccccc2)C(=O)N2CCN(c3cccc(C)c3C)CC2)cc1Cl. The summed E-state index contributed by atoms with van der Waals surface area (Å²) in [6, 6.07) is 19.0. The van der Waals surface area contributed by atoms with Gasteiger partial charge in [0.15, 0.2) is 0 Å². The van der Waals surface area contributed by atoms with Crippen molar-refractivity contribution in [1.29, 1.82) is 0 Å². The quantitative estimate of drug-likeness (QED) is 0.418. The summed E-state index contributed by atoms with van der Waals surface area (Å²) in [6.45, 7) is 8.81. The van der Waals surface area contributed by atoms with Crippen molar-refractivity contribution in [2.75, 3.05) is 37.7 Å². The van der Waals surface area contributed by atoms with E-state index >= 15 is 0 Å². The number of carbonyl (C=O) groups is 1. The van der Waals surface area contributed by atoms with Crippen molar-refractivity contribution in [2.24, 2.45) is 0 Å². The van der Waals surface area contributed by atoms with Crippen LogP contribution in [0, 0.1) is 13.8 Å². The van der Waals surface area contributed by atoms with Gasteiger partial charge in [-0.25, -0.2) is 8.42 Å². The molecular formula is C29H34ClN3O4S. The second-order valence-electron chi connectivity index (χ2n) is 9.42. The van der Waals surface area contributed by atoms with Gasteiger partial charge in [-0.05, 0) is 68.1 Å². The van der Waals surface area contributed by atoms with Crippen molar-refractivity contribution in [1.82, 2.24) is 9.62 Å². The number of benzene rings is 3. The number of halogens is 1. The Morgan fingerprint density at radius 3 is 2.37 bits per heavy atom. The standard InChI is InChI=1S/C29H34ClN3O4S/c1-4-37-28-14-13-24(20-25(28)30)38(35,36)31-26(19-23-10-6-5-7-11-23)29(34)33-17-15-32(16-18-33)27-12-8-9-21(2)22(27)3/h5-14,20,26,31H,4,15-19H2,1-3H3/t26-/m1/s1. The zero-order chi connectivity index (χ0) is 27.3. The molecule has 9 heteroatoms. The van der Waals surface area contributed by atoms with E-state index < -0.39 is 16.1 Å². The lowest BCUT2D eigenvalue weighted by Gasteiger charge is -2.38. The lowest BCUT2D eigenvalue weighted by molar-refractivity contribution is -0.133. The number of hydrogen-bond acceptors (Lipinski definition) is 5. The molecule has 1 saturated heterocycles.